The van der Waals surface area contributed by atoms with E-state index in [1.165, 1.54) is 5.56 Å². The van der Waals surface area contributed by atoms with E-state index >= 15 is 0 Å². The first-order chi connectivity index (χ1) is 8.00. The third kappa shape index (κ3) is 6.02. The minimum atomic E-state index is -0.447. The minimum absolute atomic E-state index is 0.167. The van der Waals surface area contributed by atoms with Crippen LogP contribution in [0.15, 0.2) is 30.3 Å². The normalized spacial score (nSPS) is 11.2. The molecule has 1 rings (SSSR count). The molecule has 0 heterocycles. The molecule has 0 radical (unpaired) electrons. The van der Waals surface area contributed by atoms with Crippen molar-refractivity contribution in [3.8, 4) is 0 Å². The van der Waals surface area contributed by atoms with E-state index in [-0.39, 0.29) is 5.97 Å². The molecule has 0 aliphatic carbocycles. The lowest BCUT2D eigenvalue weighted by atomic mass is 10.2. The molecule has 0 atom stereocenters. The van der Waals surface area contributed by atoms with Crippen molar-refractivity contribution in [3.63, 3.8) is 0 Å². The third-order valence-corrected chi connectivity index (χ3v) is 2.61. The highest BCUT2D eigenvalue weighted by atomic mass is 127. The molecule has 0 fully saturated rings. The second-order valence-electron chi connectivity index (χ2n) is 4.27. The zero-order valence-electron chi connectivity index (χ0n) is 10.2. The molecule has 0 unspecified atom stereocenters. The van der Waals surface area contributed by atoms with Crippen LogP contribution in [0.2, 0.25) is 0 Å². The van der Waals surface area contributed by atoms with Crippen LogP contribution in [-0.4, -0.2) is 22.5 Å². The zero-order chi connectivity index (χ0) is 12.7. The summed E-state index contributed by atoms with van der Waals surface area (Å²) in [6.07, 6.45) is 0. The Labute approximate surface area is 116 Å². The van der Waals surface area contributed by atoms with Gasteiger partial charge in [0.05, 0.1) is 0 Å². The maximum absolute atomic E-state index is 11.4. The number of carbonyl (C=O) groups is 1. The Morgan fingerprint density at radius 1 is 1.35 bits per heavy atom. The summed E-state index contributed by atoms with van der Waals surface area (Å²) >= 11 is 2.08. The van der Waals surface area contributed by atoms with Crippen LogP contribution in [0.5, 0.6) is 0 Å². The SMILES string of the molecule is CC(C)(I)C(=O)OCCNCc1ccccc1. The van der Waals surface area contributed by atoms with Crippen molar-refractivity contribution in [2.75, 3.05) is 13.2 Å². The van der Waals surface area contributed by atoms with E-state index in [9.17, 15) is 4.79 Å². The van der Waals surface area contributed by atoms with Gasteiger partial charge in [-0.1, -0.05) is 52.9 Å². The van der Waals surface area contributed by atoms with E-state index in [1.54, 1.807) is 0 Å². The van der Waals surface area contributed by atoms with E-state index < -0.39 is 3.42 Å². The Morgan fingerprint density at radius 2 is 2.00 bits per heavy atom. The third-order valence-electron chi connectivity index (χ3n) is 2.17. The molecule has 4 heteroatoms. The summed E-state index contributed by atoms with van der Waals surface area (Å²) < 4.78 is 4.69. The van der Waals surface area contributed by atoms with Crippen LogP contribution < -0.4 is 5.32 Å². The zero-order valence-corrected chi connectivity index (χ0v) is 12.4. The van der Waals surface area contributed by atoms with Gasteiger partial charge >= 0.3 is 5.97 Å². The summed E-state index contributed by atoms with van der Waals surface area (Å²) in [6.45, 7) is 5.57. The lowest BCUT2D eigenvalue weighted by Crippen LogP contribution is -2.29. The van der Waals surface area contributed by atoms with Crippen molar-refractivity contribution in [1.82, 2.24) is 5.32 Å². The summed E-state index contributed by atoms with van der Waals surface area (Å²) in [5.74, 6) is -0.167. The molecule has 1 aromatic carbocycles. The van der Waals surface area contributed by atoms with Gasteiger partial charge in [-0.05, 0) is 19.4 Å². The molecule has 0 aliphatic heterocycles. The first-order valence-electron chi connectivity index (χ1n) is 5.61. The highest BCUT2D eigenvalue weighted by molar-refractivity contribution is 14.1. The van der Waals surface area contributed by atoms with E-state index in [1.807, 2.05) is 32.0 Å². The Hall–Kier alpha value is -0.620. The molecule has 1 aromatic rings. The summed E-state index contributed by atoms with van der Waals surface area (Å²) in [5.41, 5.74) is 1.23. The van der Waals surface area contributed by atoms with Gasteiger partial charge in [-0.3, -0.25) is 4.79 Å². The molecule has 0 spiro atoms. The molecule has 0 saturated heterocycles. The number of alkyl halides is 1. The number of carbonyl (C=O) groups excluding carboxylic acids is 1. The van der Waals surface area contributed by atoms with E-state index in [4.69, 9.17) is 4.74 Å². The Morgan fingerprint density at radius 3 is 2.59 bits per heavy atom. The maximum Gasteiger partial charge on any atom is 0.321 e. The number of rotatable bonds is 6. The minimum Gasteiger partial charge on any atom is -0.463 e. The van der Waals surface area contributed by atoms with Crippen LogP contribution in [0.4, 0.5) is 0 Å². The van der Waals surface area contributed by atoms with Crippen LogP contribution in [0.3, 0.4) is 0 Å². The molecule has 94 valence electrons. The molecule has 0 bridgehead atoms. The van der Waals surface area contributed by atoms with Crippen molar-refractivity contribution in [2.24, 2.45) is 0 Å². The standard InChI is InChI=1S/C13H18INO2/c1-13(2,14)12(16)17-9-8-15-10-11-6-4-3-5-7-11/h3-7,15H,8-10H2,1-2H3. The highest BCUT2D eigenvalue weighted by Gasteiger charge is 2.24. The van der Waals surface area contributed by atoms with Crippen LogP contribution >= 0.6 is 22.6 Å². The van der Waals surface area contributed by atoms with Gasteiger partial charge < -0.3 is 10.1 Å². The van der Waals surface area contributed by atoms with E-state index in [2.05, 4.69) is 40.0 Å². The average Bonchev–Trinajstić information content (AvgIpc) is 2.28. The number of hydrogen-bond donors (Lipinski definition) is 1. The van der Waals surface area contributed by atoms with E-state index in [0.717, 1.165) is 6.54 Å². The molecule has 0 saturated carbocycles. The van der Waals surface area contributed by atoms with Gasteiger partial charge in [0.15, 0.2) is 0 Å². The predicted molar refractivity (Wildman–Crippen MR) is 77.2 cm³/mol. The van der Waals surface area contributed by atoms with E-state index in [0.29, 0.717) is 13.2 Å². The van der Waals surface area contributed by atoms with Crippen LogP contribution in [0.1, 0.15) is 19.4 Å². The molecule has 3 nitrogen and oxygen atoms in total. The fraction of sp³-hybridized carbons (Fsp3) is 0.462. The van der Waals surface area contributed by atoms with Gasteiger partial charge in [-0.15, -0.1) is 0 Å². The van der Waals surface area contributed by atoms with Gasteiger partial charge in [-0.25, -0.2) is 0 Å². The monoisotopic (exact) mass is 347 g/mol. The van der Waals surface area contributed by atoms with Gasteiger partial charge in [0.1, 0.15) is 10.0 Å². The number of esters is 1. The maximum atomic E-state index is 11.4. The van der Waals surface area contributed by atoms with Crippen molar-refractivity contribution >= 4 is 28.6 Å². The molecule has 17 heavy (non-hydrogen) atoms. The second-order valence-corrected chi connectivity index (χ2v) is 6.97. The summed E-state index contributed by atoms with van der Waals surface area (Å²) in [5, 5.41) is 3.23. The van der Waals surface area contributed by atoms with Crippen LogP contribution in [0, 0.1) is 0 Å². The van der Waals surface area contributed by atoms with Gasteiger partial charge in [0.25, 0.3) is 0 Å². The Balaban J connectivity index is 2.12. The number of hydrogen-bond acceptors (Lipinski definition) is 3. The lowest BCUT2D eigenvalue weighted by molar-refractivity contribution is -0.144. The van der Waals surface area contributed by atoms with Gasteiger partial charge in [0, 0.05) is 13.1 Å². The highest BCUT2D eigenvalue weighted by Crippen LogP contribution is 2.17. The Kier molecular flexibility index (Phi) is 5.91. The van der Waals surface area contributed by atoms with Crippen LogP contribution in [-0.2, 0) is 16.1 Å². The molecular weight excluding hydrogens is 329 g/mol. The number of halogens is 1. The number of benzene rings is 1. The van der Waals surface area contributed by atoms with Gasteiger partial charge in [0.2, 0.25) is 0 Å². The summed E-state index contributed by atoms with van der Waals surface area (Å²) in [4.78, 5) is 11.4. The smallest absolute Gasteiger partial charge is 0.321 e. The predicted octanol–water partition coefficient (Wildman–Crippen LogP) is 2.53. The lowest BCUT2D eigenvalue weighted by Gasteiger charge is -2.14. The molecular formula is C13H18INO2. The topological polar surface area (TPSA) is 38.3 Å². The molecule has 0 aromatic heterocycles. The summed E-state index contributed by atoms with van der Waals surface area (Å²) in [6, 6.07) is 10.1. The van der Waals surface area contributed by atoms with Crippen molar-refractivity contribution in [1.29, 1.82) is 0 Å². The molecule has 1 N–H and O–H groups in total. The second kappa shape index (κ2) is 6.96. The number of ether oxygens (including phenoxy) is 1. The van der Waals surface area contributed by atoms with Crippen LogP contribution in [0.25, 0.3) is 0 Å². The summed E-state index contributed by atoms with van der Waals surface area (Å²) in [7, 11) is 0. The van der Waals surface area contributed by atoms with Gasteiger partial charge in [-0.2, -0.15) is 0 Å². The van der Waals surface area contributed by atoms with Crippen molar-refractivity contribution in [3.05, 3.63) is 35.9 Å². The first kappa shape index (κ1) is 14.4. The Bertz CT molecular complexity index is 346. The number of nitrogens with one attached hydrogen (secondary N) is 1. The average molecular weight is 347 g/mol. The fourth-order valence-electron chi connectivity index (χ4n) is 1.22. The first-order valence-corrected chi connectivity index (χ1v) is 6.69. The fourth-order valence-corrected chi connectivity index (χ4v) is 1.37. The molecule has 0 amide bonds. The molecule has 0 aliphatic rings. The van der Waals surface area contributed by atoms with Crippen molar-refractivity contribution in [2.45, 2.75) is 23.8 Å². The quantitative estimate of drug-likeness (QED) is 0.372. The van der Waals surface area contributed by atoms with Crippen molar-refractivity contribution < 1.29 is 9.53 Å². The largest absolute Gasteiger partial charge is 0.463 e.